The van der Waals surface area contributed by atoms with Crippen molar-refractivity contribution in [2.45, 2.75) is 19.4 Å². The van der Waals surface area contributed by atoms with E-state index in [0.29, 0.717) is 36.6 Å². The number of amides is 2. The van der Waals surface area contributed by atoms with E-state index in [2.05, 4.69) is 10.5 Å². The number of nitrogens with zero attached hydrogens (tertiary/aromatic N) is 3. The van der Waals surface area contributed by atoms with Gasteiger partial charge in [-0.3, -0.25) is 14.3 Å². The molecule has 0 aliphatic carbocycles. The van der Waals surface area contributed by atoms with Crippen LogP contribution in [0.4, 0.5) is 20.6 Å². The molecule has 0 unspecified atom stereocenters. The number of cyclic esters (lactones) is 1. The molecule has 10 nitrogen and oxygen atoms in total. The number of anilines is 2. The molecule has 2 aliphatic rings. The summed E-state index contributed by atoms with van der Waals surface area (Å²) >= 11 is 0. The molecule has 2 N–H and O–H groups in total. The minimum absolute atomic E-state index is 0.191. The van der Waals surface area contributed by atoms with Crippen molar-refractivity contribution in [1.82, 2.24) is 5.32 Å². The summed E-state index contributed by atoms with van der Waals surface area (Å²) < 4.78 is 39.3. The minimum atomic E-state index is -2.93. The molecule has 1 atom stereocenters. The van der Waals surface area contributed by atoms with E-state index in [-0.39, 0.29) is 31.3 Å². The number of hydrogen-bond donors (Lipinski definition) is 2. The topological polar surface area (TPSA) is 121 Å². The Morgan fingerprint density at radius 1 is 1.28 bits per heavy atom. The van der Waals surface area contributed by atoms with Crippen LogP contribution in [0, 0.1) is 5.82 Å². The SMILES string of the molecule is CC(=O)NC[C@H]1CN(c2ccc(N3CCP(=O)(Oc4ccc(C/C=N/O)cc4)CC3)c(F)c2)C(=O)O1. The first kappa shape index (κ1) is 25.5. The molecule has 0 aromatic heterocycles. The number of carbonyl (C=O) groups excluding carboxylic acids is 2. The molecule has 0 spiro atoms. The molecule has 2 saturated heterocycles. The zero-order chi connectivity index (χ0) is 25.7. The molecule has 4 rings (SSSR count). The molecule has 2 amide bonds. The third-order valence-electron chi connectivity index (χ3n) is 6.06. The second kappa shape index (κ2) is 11.0. The van der Waals surface area contributed by atoms with Crippen LogP contribution >= 0.6 is 7.37 Å². The van der Waals surface area contributed by atoms with Crippen molar-refractivity contribution in [3.63, 3.8) is 0 Å². The summed E-state index contributed by atoms with van der Waals surface area (Å²) in [7, 11) is -2.93. The van der Waals surface area contributed by atoms with Gasteiger partial charge in [0.25, 0.3) is 7.37 Å². The first-order chi connectivity index (χ1) is 17.3. The van der Waals surface area contributed by atoms with Crippen LogP contribution in [0.5, 0.6) is 5.75 Å². The molecular weight excluding hydrogens is 490 g/mol. The van der Waals surface area contributed by atoms with Crippen molar-refractivity contribution < 1.29 is 33.0 Å². The lowest BCUT2D eigenvalue weighted by Crippen LogP contribution is -2.36. The number of nitrogens with one attached hydrogen (secondary N) is 1. The summed E-state index contributed by atoms with van der Waals surface area (Å²) in [5, 5.41) is 14.1. The van der Waals surface area contributed by atoms with Gasteiger partial charge in [0.1, 0.15) is 17.7 Å². The lowest BCUT2D eigenvalue weighted by atomic mass is 10.2. The van der Waals surface area contributed by atoms with E-state index in [9.17, 15) is 14.2 Å². The second-order valence-corrected chi connectivity index (χ2v) is 11.4. The Balaban J connectivity index is 1.34. The van der Waals surface area contributed by atoms with Gasteiger partial charge < -0.3 is 24.7 Å². The van der Waals surface area contributed by atoms with Gasteiger partial charge in [-0.2, -0.15) is 0 Å². The van der Waals surface area contributed by atoms with Gasteiger partial charge >= 0.3 is 6.09 Å². The summed E-state index contributed by atoms with van der Waals surface area (Å²) in [4.78, 5) is 26.4. The van der Waals surface area contributed by atoms with Crippen LogP contribution < -0.4 is 19.6 Å². The Morgan fingerprint density at radius 3 is 2.64 bits per heavy atom. The number of benzene rings is 2. The smallest absolute Gasteiger partial charge is 0.414 e. The first-order valence-electron chi connectivity index (χ1n) is 11.6. The lowest BCUT2D eigenvalue weighted by Gasteiger charge is -2.34. The van der Waals surface area contributed by atoms with Gasteiger partial charge in [0.2, 0.25) is 5.91 Å². The predicted molar refractivity (Wildman–Crippen MR) is 133 cm³/mol. The Kier molecular flexibility index (Phi) is 7.79. The molecule has 12 heteroatoms. The van der Waals surface area contributed by atoms with Crippen molar-refractivity contribution in [3.8, 4) is 5.75 Å². The standard InChI is InChI=1S/C24H28FN4O6P/c1-17(30)26-15-21-16-29(24(31)34-21)19-4-7-23(22(25)14-19)28-10-12-36(33,13-11-28)35-20-5-2-18(3-6-20)8-9-27-32/h2-7,9,14,21,32H,8,10-13,15-16H2,1H3,(H,26,30)/b27-9+/t21-/m0/s1. The maximum absolute atomic E-state index is 15.0. The van der Waals surface area contributed by atoms with Crippen LogP contribution in [-0.2, 0) is 20.5 Å². The predicted octanol–water partition coefficient (Wildman–Crippen LogP) is 3.47. The largest absolute Gasteiger partial charge is 0.443 e. The average Bonchev–Trinajstić information content (AvgIpc) is 3.23. The zero-order valence-electron chi connectivity index (χ0n) is 19.8. The van der Waals surface area contributed by atoms with Crippen LogP contribution in [-0.4, -0.2) is 68.0 Å². The molecule has 2 heterocycles. The number of hydrogen-bond acceptors (Lipinski definition) is 8. The molecule has 192 valence electrons. The molecule has 2 aromatic carbocycles. The van der Waals surface area contributed by atoms with Gasteiger partial charge in [-0.15, -0.1) is 5.16 Å². The summed E-state index contributed by atoms with van der Waals surface area (Å²) in [5.41, 5.74) is 1.66. The fraction of sp³-hybridized carbons (Fsp3) is 0.375. The quantitative estimate of drug-likeness (QED) is 0.238. The number of carbonyl (C=O) groups is 2. The van der Waals surface area contributed by atoms with Crippen molar-refractivity contribution in [1.29, 1.82) is 0 Å². The number of ether oxygens (including phenoxy) is 1. The molecule has 2 aliphatic heterocycles. The second-order valence-electron chi connectivity index (χ2n) is 8.68. The summed E-state index contributed by atoms with van der Waals surface area (Å²) in [5.74, 6) is -0.217. The Morgan fingerprint density at radius 2 is 2.00 bits per heavy atom. The van der Waals surface area contributed by atoms with Crippen LogP contribution in [0.2, 0.25) is 0 Å². The van der Waals surface area contributed by atoms with Gasteiger partial charge in [-0.05, 0) is 35.9 Å². The van der Waals surface area contributed by atoms with Crippen LogP contribution in [0.3, 0.4) is 0 Å². The van der Waals surface area contributed by atoms with Gasteiger partial charge in [-0.25, -0.2) is 9.18 Å². The van der Waals surface area contributed by atoms with Crippen LogP contribution in [0.1, 0.15) is 12.5 Å². The lowest BCUT2D eigenvalue weighted by molar-refractivity contribution is -0.119. The van der Waals surface area contributed by atoms with Gasteiger partial charge in [0.15, 0.2) is 0 Å². The Hall–Kier alpha value is -3.59. The first-order valence-corrected chi connectivity index (χ1v) is 13.6. The zero-order valence-corrected chi connectivity index (χ0v) is 20.7. The maximum Gasteiger partial charge on any atom is 0.414 e. The molecule has 0 saturated carbocycles. The van der Waals surface area contributed by atoms with E-state index in [1.54, 1.807) is 24.3 Å². The molecule has 2 aromatic rings. The van der Waals surface area contributed by atoms with E-state index < -0.39 is 25.4 Å². The van der Waals surface area contributed by atoms with E-state index in [1.165, 1.54) is 24.1 Å². The van der Waals surface area contributed by atoms with Gasteiger partial charge in [0, 0.05) is 32.6 Å². The maximum atomic E-state index is 15.0. The normalized spacial score (nSPS) is 19.4. The Labute approximate surface area is 208 Å². The summed E-state index contributed by atoms with van der Waals surface area (Å²) in [6.45, 7) is 2.50. The molecule has 2 fully saturated rings. The fourth-order valence-corrected chi connectivity index (χ4v) is 6.15. The van der Waals surface area contributed by atoms with E-state index in [1.807, 2.05) is 17.0 Å². The highest BCUT2D eigenvalue weighted by Gasteiger charge is 2.34. The highest BCUT2D eigenvalue weighted by molar-refractivity contribution is 7.59. The highest BCUT2D eigenvalue weighted by Crippen LogP contribution is 2.49. The number of rotatable bonds is 8. The monoisotopic (exact) mass is 518 g/mol. The molecular formula is C24H28FN4O6P. The van der Waals surface area contributed by atoms with Crippen LogP contribution in [0.15, 0.2) is 47.6 Å². The van der Waals surface area contributed by atoms with Crippen molar-refractivity contribution in [2.75, 3.05) is 48.3 Å². The van der Waals surface area contributed by atoms with Crippen molar-refractivity contribution >= 4 is 37.0 Å². The van der Waals surface area contributed by atoms with Crippen molar-refractivity contribution in [3.05, 3.63) is 53.8 Å². The molecule has 0 bridgehead atoms. The van der Waals surface area contributed by atoms with E-state index in [0.717, 1.165) is 5.56 Å². The number of oxime groups is 1. The van der Waals surface area contributed by atoms with Gasteiger partial charge in [0.05, 0.1) is 36.8 Å². The van der Waals surface area contributed by atoms with E-state index >= 15 is 4.39 Å². The fourth-order valence-electron chi connectivity index (χ4n) is 4.14. The van der Waals surface area contributed by atoms with E-state index in [4.69, 9.17) is 14.5 Å². The average molecular weight is 518 g/mol. The third-order valence-corrected chi connectivity index (χ3v) is 8.37. The summed E-state index contributed by atoms with van der Waals surface area (Å²) in [6.07, 6.45) is 1.30. The Bertz CT molecular complexity index is 1180. The van der Waals surface area contributed by atoms with Crippen LogP contribution in [0.25, 0.3) is 0 Å². The minimum Gasteiger partial charge on any atom is -0.443 e. The number of halogens is 1. The van der Waals surface area contributed by atoms with Crippen molar-refractivity contribution in [2.24, 2.45) is 5.16 Å². The summed E-state index contributed by atoms with van der Waals surface area (Å²) in [6, 6.07) is 11.6. The highest BCUT2D eigenvalue weighted by atomic mass is 31.2. The molecule has 0 radical (unpaired) electrons. The molecule has 36 heavy (non-hydrogen) atoms. The third kappa shape index (κ3) is 6.15. The van der Waals surface area contributed by atoms with Gasteiger partial charge in [-0.1, -0.05) is 12.1 Å².